The Morgan fingerprint density at radius 1 is 1.00 bits per heavy atom. The number of hydrogen-bond acceptors (Lipinski definition) is 5. The molecule has 0 bridgehead atoms. The van der Waals surface area contributed by atoms with Crippen molar-refractivity contribution in [1.82, 2.24) is 4.90 Å². The average molecular weight is 375 g/mol. The summed E-state index contributed by atoms with van der Waals surface area (Å²) in [7, 11) is -3.07. The second-order valence-corrected chi connectivity index (χ2v) is 9.04. The monoisotopic (exact) mass is 375 g/mol. The van der Waals surface area contributed by atoms with E-state index in [2.05, 4.69) is 0 Å². The van der Waals surface area contributed by atoms with Crippen molar-refractivity contribution in [2.75, 3.05) is 24.7 Å². The highest BCUT2D eigenvalue weighted by molar-refractivity contribution is 7.91. The van der Waals surface area contributed by atoms with Crippen LogP contribution < -0.4 is 0 Å². The van der Waals surface area contributed by atoms with Crippen molar-refractivity contribution in [2.45, 2.75) is 24.6 Å². The number of aliphatic hydroxyl groups excluding tert-OH is 2. The first-order chi connectivity index (χ1) is 12.5. The van der Waals surface area contributed by atoms with Crippen molar-refractivity contribution in [3.8, 4) is 0 Å². The zero-order chi connectivity index (χ0) is 18.6. The summed E-state index contributed by atoms with van der Waals surface area (Å²) in [6, 6.07) is 19.4. The lowest BCUT2D eigenvalue weighted by Crippen LogP contribution is -2.45. The van der Waals surface area contributed by atoms with Crippen LogP contribution in [-0.4, -0.2) is 60.3 Å². The molecule has 0 amide bonds. The quantitative estimate of drug-likeness (QED) is 0.769. The largest absolute Gasteiger partial charge is 0.394 e. The van der Waals surface area contributed by atoms with E-state index in [9.17, 15) is 18.6 Å². The van der Waals surface area contributed by atoms with Crippen LogP contribution in [-0.2, 0) is 9.84 Å². The molecule has 26 heavy (non-hydrogen) atoms. The van der Waals surface area contributed by atoms with Gasteiger partial charge in [-0.15, -0.1) is 0 Å². The van der Waals surface area contributed by atoms with Gasteiger partial charge < -0.3 is 10.2 Å². The van der Waals surface area contributed by atoms with Gasteiger partial charge in [-0.05, 0) is 17.5 Å². The highest BCUT2D eigenvalue weighted by atomic mass is 32.2. The minimum Gasteiger partial charge on any atom is -0.394 e. The zero-order valence-corrected chi connectivity index (χ0v) is 15.4. The summed E-state index contributed by atoms with van der Waals surface area (Å²) in [5, 5.41) is 19.5. The predicted molar refractivity (Wildman–Crippen MR) is 102 cm³/mol. The Morgan fingerprint density at radius 2 is 1.54 bits per heavy atom. The van der Waals surface area contributed by atoms with Gasteiger partial charge >= 0.3 is 0 Å². The van der Waals surface area contributed by atoms with Crippen LogP contribution in [0.4, 0.5) is 0 Å². The first-order valence-corrected chi connectivity index (χ1v) is 10.7. The number of sulfone groups is 1. The first kappa shape index (κ1) is 19.0. The number of aliphatic hydroxyl groups is 2. The molecule has 2 aromatic carbocycles. The Balaban J connectivity index is 2.03. The van der Waals surface area contributed by atoms with E-state index in [1.54, 1.807) is 0 Å². The molecule has 1 saturated heterocycles. The standard InChI is InChI=1S/C20H25NO4S/c22-14-19(23)13-21(18-11-12-26(24,25)15-18)20(16-7-3-1-4-8-16)17-9-5-2-6-10-17/h1-10,18-20,22-23H,11-15H2/t18-,19+/m0/s1. The average Bonchev–Trinajstić information content (AvgIpc) is 3.02. The highest BCUT2D eigenvalue weighted by Crippen LogP contribution is 2.33. The third kappa shape index (κ3) is 4.51. The lowest BCUT2D eigenvalue weighted by Gasteiger charge is -2.37. The Labute approximate surface area is 154 Å². The fourth-order valence-corrected chi connectivity index (χ4v) is 5.39. The minimum atomic E-state index is -3.07. The minimum absolute atomic E-state index is 0.0846. The van der Waals surface area contributed by atoms with Crippen LogP contribution in [0.2, 0.25) is 0 Å². The van der Waals surface area contributed by atoms with Gasteiger partial charge in [-0.2, -0.15) is 0 Å². The van der Waals surface area contributed by atoms with Crippen molar-refractivity contribution in [1.29, 1.82) is 0 Å². The molecule has 0 saturated carbocycles. The molecular weight excluding hydrogens is 350 g/mol. The molecule has 1 fully saturated rings. The van der Waals surface area contributed by atoms with Crippen LogP contribution in [0, 0.1) is 0 Å². The molecule has 5 nitrogen and oxygen atoms in total. The second kappa shape index (κ2) is 8.31. The van der Waals surface area contributed by atoms with Crippen molar-refractivity contribution < 1.29 is 18.6 Å². The Hall–Kier alpha value is -1.73. The summed E-state index contributed by atoms with van der Waals surface area (Å²) in [4.78, 5) is 2.04. The topological polar surface area (TPSA) is 77.8 Å². The summed E-state index contributed by atoms with van der Waals surface area (Å²) in [6.45, 7) is -0.141. The maximum Gasteiger partial charge on any atom is 0.151 e. The number of rotatable bonds is 7. The summed E-state index contributed by atoms with van der Waals surface area (Å²) in [6.07, 6.45) is -0.385. The van der Waals surface area contributed by atoms with Crippen LogP contribution in [0.25, 0.3) is 0 Å². The van der Waals surface area contributed by atoms with Crippen LogP contribution in [0.15, 0.2) is 60.7 Å². The molecule has 2 atom stereocenters. The van der Waals surface area contributed by atoms with Crippen LogP contribution in [0.5, 0.6) is 0 Å². The molecule has 0 spiro atoms. The third-order valence-corrected chi connectivity index (χ3v) is 6.62. The molecule has 3 rings (SSSR count). The van der Waals surface area contributed by atoms with Crippen LogP contribution >= 0.6 is 0 Å². The molecule has 1 heterocycles. The predicted octanol–water partition coefficient (Wildman–Crippen LogP) is 1.62. The lowest BCUT2D eigenvalue weighted by atomic mass is 9.95. The van der Waals surface area contributed by atoms with Crippen LogP contribution in [0.3, 0.4) is 0 Å². The van der Waals surface area contributed by atoms with Gasteiger partial charge in [-0.25, -0.2) is 8.42 Å². The molecule has 140 valence electrons. The normalized spacial score (nSPS) is 20.5. The molecule has 0 aromatic heterocycles. The number of nitrogens with zero attached hydrogens (tertiary/aromatic N) is 1. The fraction of sp³-hybridized carbons (Fsp3) is 0.400. The Bertz CT molecular complexity index is 756. The maximum absolute atomic E-state index is 12.1. The molecule has 6 heteroatoms. The molecule has 0 aliphatic carbocycles. The summed E-state index contributed by atoms with van der Waals surface area (Å²) in [5.41, 5.74) is 2.07. The molecular formula is C20H25NO4S. The van der Waals surface area contributed by atoms with Crippen molar-refractivity contribution in [2.24, 2.45) is 0 Å². The zero-order valence-electron chi connectivity index (χ0n) is 14.6. The molecule has 1 aliphatic rings. The van der Waals surface area contributed by atoms with E-state index in [-0.39, 0.29) is 36.7 Å². The van der Waals surface area contributed by atoms with Crippen molar-refractivity contribution in [3.63, 3.8) is 0 Å². The fourth-order valence-electron chi connectivity index (χ4n) is 3.65. The van der Waals surface area contributed by atoms with Gasteiger partial charge in [0.2, 0.25) is 0 Å². The van der Waals surface area contributed by atoms with E-state index in [1.165, 1.54) is 0 Å². The summed E-state index contributed by atoms with van der Waals surface area (Å²) >= 11 is 0. The Morgan fingerprint density at radius 3 is 1.96 bits per heavy atom. The second-order valence-electron chi connectivity index (χ2n) is 6.81. The van der Waals surface area contributed by atoms with Gasteiger partial charge in [-0.3, -0.25) is 4.90 Å². The molecule has 0 unspecified atom stereocenters. The third-order valence-electron chi connectivity index (χ3n) is 4.87. The van der Waals surface area contributed by atoms with Gasteiger partial charge in [0, 0.05) is 12.6 Å². The Kier molecular flexibility index (Phi) is 6.09. The smallest absolute Gasteiger partial charge is 0.151 e. The van der Waals surface area contributed by atoms with E-state index < -0.39 is 15.9 Å². The number of benzene rings is 2. The van der Waals surface area contributed by atoms with E-state index in [1.807, 2.05) is 65.6 Å². The van der Waals surface area contributed by atoms with Gasteiger partial charge in [0.25, 0.3) is 0 Å². The van der Waals surface area contributed by atoms with Crippen molar-refractivity contribution in [3.05, 3.63) is 71.8 Å². The molecule has 1 aliphatic heterocycles. The van der Waals surface area contributed by atoms with E-state index in [0.717, 1.165) is 11.1 Å². The molecule has 2 N–H and O–H groups in total. The van der Waals surface area contributed by atoms with Gasteiger partial charge in [0.1, 0.15) is 0 Å². The highest BCUT2D eigenvalue weighted by Gasteiger charge is 2.37. The lowest BCUT2D eigenvalue weighted by molar-refractivity contribution is 0.0358. The van der Waals surface area contributed by atoms with E-state index in [4.69, 9.17) is 0 Å². The number of hydrogen-bond donors (Lipinski definition) is 2. The maximum atomic E-state index is 12.1. The summed E-state index contributed by atoms with van der Waals surface area (Å²) in [5.74, 6) is 0.251. The summed E-state index contributed by atoms with van der Waals surface area (Å²) < 4.78 is 24.1. The van der Waals surface area contributed by atoms with Gasteiger partial charge in [0.05, 0.1) is 30.3 Å². The van der Waals surface area contributed by atoms with E-state index >= 15 is 0 Å². The van der Waals surface area contributed by atoms with Gasteiger partial charge in [0.15, 0.2) is 9.84 Å². The van der Waals surface area contributed by atoms with E-state index in [0.29, 0.717) is 6.42 Å². The first-order valence-electron chi connectivity index (χ1n) is 8.85. The molecule has 2 aromatic rings. The van der Waals surface area contributed by atoms with Crippen LogP contribution in [0.1, 0.15) is 23.6 Å². The molecule has 0 radical (unpaired) electrons. The van der Waals surface area contributed by atoms with Crippen molar-refractivity contribution >= 4 is 9.84 Å². The SMILES string of the molecule is O=S1(=O)CC[C@H](N(C[C@@H](O)CO)C(c2ccccc2)c2ccccc2)C1. The van der Waals surface area contributed by atoms with Gasteiger partial charge in [-0.1, -0.05) is 60.7 Å².